The third kappa shape index (κ3) is 1.85. The average molecular weight is 271 g/mol. The molecule has 1 aliphatic carbocycles. The molecule has 1 nitrogen and oxygen atoms in total. The zero-order chi connectivity index (χ0) is 14.2. The van der Waals surface area contributed by atoms with Crippen LogP contribution in [0.1, 0.15) is 11.1 Å². The smallest absolute Gasteiger partial charge is 0.0420 e. The number of hydrogen-bond donors (Lipinski definition) is 1. The maximum Gasteiger partial charge on any atom is 0.0420 e. The van der Waals surface area contributed by atoms with Crippen molar-refractivity contribution in [1.82, 2.24) is 0 Å². The molecule has 1 heteroatoms. The zero-order valence-corrected chi connectivity index (χ0v) is 12.1. The predicted octanol–water partition coefficient (Wildman–Crippen LogP) is 4.97. The molecule has 0 aromatic heterocycles. The van der Waals surface area contributed by atoms with Crippen molar-refractivity contribution in [1.29, 1.82) is 0 Å². The monoisotopic (exact) mass is 271 g/mol. The fourth-order valence-electron chi connectivity index (χ4n) is 3.34. The Labute approximate surface area is 125 Å². The van der Waals surface area contributed by atoms with Crippen LogP contribution in [0, 0.1) is 0 Å². The molecule has 0 amide bonds. The standard InChI is InChI=1S/C20H17N/c1-21-19-12-11-16(14-7-3-2-4-8-14)18-13-15-9-5-6-10-17(15)20(18)19/h2-12,21H,13H2,1H3. The van der Waals surface area contributed by atoms with Gasteiger partial charge in [0.25, 0.3) is 0 Å². The summed E-state index contributed by atoms with van der Waals surface area (Å²) in [5, 5.41) is 3.35. The lowest BCUT2D eigenvalue weighted by Crippen LogP contribution is -1.95. The Bertz CT molecular complexity index is 803. The molecule has 0 unspecified atom stereocenters. The van der Waals surface area contributed by atoms with Gasteiger partial charge in [0.1, 0.15) is 0 Å². The van der Waals surface area contributed by atoms with Gasteiger partial charge < -0.3 is 5.32 Å². The maximum absolute atomic E-state index is 3.35. The van der Waals surface area contributed by atoms with Gasteiger partial charge in [-0.2, -0.15) is 0 Å². The fraction of sp³-hybridized carbons (Fsp3) is 0.100. The Morgan fingerprint density at radius 1 is 0.762 bits per heavy atom. The van der Waals surface area contributed by atoms with E-state index in [1.165, 1.54) is 39.1 Å². The third-order valence-electron chi connectivity index (χ3n) is 4.32. The van der Waals surface area contributed by atoms with Gasteiger partial charge in [-0.3, -0.25) is 0 Å². The molecule has 4 rings (SSSR count). The molecule has 0 aliphatic heterocycles. The highest BCUT2D eigenvalue weighted by atomic mass is 14.8. The van der Waals surface area contributed by atoms with Crippen molar-refractivity contribution in [2.75, 3.05) is 12.4 Å². The highest BCUT2D eigenvalue weighted by molar-refractivity contribution is 5.92. The highest BCUT2D eigenvalue weighted by Crippen LogP contribution is 2.45. The lowest BCUT2D eigenvalue weighted by atomic mass is 9.94. The molecule has 0 radical (unpaired) electrons. The van der Waals surface area contributed by atoms with Crippen molar-refractivity contribution in [3.63, 3.8) is 0 Å². The van der Waals surface area contributed by atoms with Crippen LogP contribution in [0.25, 0.3) is 22.3 Å². The summed E-state index contributed by atoms with van der Waals surface area (Å²) in [6.07, 6.45) is 1.02. The van der Waals surface area contributed by atoms with Crippen molar-refractivity contribution < 1.29 is 0 Å². The van der Waals surface area contributed by atoms with Crippen LogP contribution in [0.5, 0.6) is 0 Å². The van der Waals surface area contributed by atoms with Gasteiger partial charge >= 0.3 is 0 Å². The topological polar surface area (TPSA) is 12.0 Å². The van der Waals surface area contributed by atoms with E-state index in [-0.39, 0.29) is 0 Å². The Hall–Kier alpha value is -2.54. The van der Waals surface area contributed by atoms with Gasteiger partial charge in [-0.05, 0) is 40.3 Å². The van der Waals surface area contributed by atoms with Crippen LogP contribution in [-0.2, 0) is 6.42 Å². The third-order valence-corrected chi connectivity index (χ3v) is 4.32. The van der Waals surface area contributed by atoms with Gasteiger partial charge in [-0.1, -0.05) is 60.7 Å². The molecule has 0 bridgehead atoms. The first-order chi connectivity index (χ1) is 10.4. The van der Waals surface area contributed by atoms with Crippen molar-refractivity contribution in [2.24, 2.45) is 0 Å². The predicted molar refractivity (Wildman–Crippen MR) is 89.7 cm³/mol. The van der Waals surface area contributed by atoms with Crippen molar-refractivity contribution in [3.05, 3.63) is 77.9 Å². The summed E-state index contributed by atoms with van der Waals surface area (Å²) in [6.45, 7) is 0. The van der Waals surface area contributed by atoms with Gasteiger partial charge in [0.05, 0.1) is 0 Å². The second kappa shape index (κ2) is 4.78. The number of nitrogens with one attached hydrogen (secondary N) is 1. The normalized spacial score (nSPS) is 11.9. The van der Waals surface area contributed by atoms with E-state index >= 15 is 0 Å². The van der Waals surface area contributed by atoms with E-state index < -0.39 is 0 Å². The Balaban J connectivity index is 1.99. The first-order valence-corrected chi connectivity index (χ1v) is 7.36. The minimum Gasteiger partial charge on any atom is -0.388 e. The first kappa shape index (κ1) is 12.2. The lowest BCUT2D eigenvalue weighted by Gasteiger charge is -2.13. The highest BCUT2D eigenvalue weighted by Gasteiger charge is 2.23. The van der Waals surface area contributed by atoms with Gasteiger partial charge in [-0.15, -0.1) is 0 Å². The van der Waals surface area contributed by atoms with Gasteiger partial charge in [0, 0.05) is 18.3 Å². The molecular weight excluding hydrogens is 254 g/mol. The summed E-state index contributed by atoms with van der Waals surface area (Å²) in [6, 6.07) is 23.8. The van der Waals surface area contributed by atoms with Gasteiger partial charge in [0.2, 0.25) is 0 Å². The minimum atomic E-state index is 1.02. The molecule has 3 aromatic rings. The molecule has 0 heterocycles. The second-order valence-corrected chi connectivity index (χ2v) is 5.46. The maximum atomic E-state index is 3.35. The van der Waals surface area contributed by atoms with Crippen molar-refractivity contribution in [2.45, 2.75) is 6.42 Å². The van der Waals surface area contributed by atoms with Crippen LogP contribution >= 0.6 is 0 Å². The Kier molecular flexibility index (Phi) is 2.78. The van der Waals surface area contributed by atoms with E-state index in [9.17, 15) is 0 Å². The number of hydrogen-bond acceptors (Lipinski definition) is 1. The molecule has 0 saturated heterocycles. The van der Waals surface area contributed by atoms with Crippen LogP contribution < -0.4 is 5.32 Å². The van der Waals surface area contributed by atoms with E-state index in [0.717, 1.165) is 6.42 Å². The summed E-state index contributed by atoms with van der Waals surface area (Å²) in [5.74, 6) is 0. The summed E-state index contributed by atoms with van der Waals surface area (Å²) in [7, 11) is 2.00. The van der Waals surface area contributed by atoms with Crippen LogP contribution in [-0.4, -0.2) is 7.05 Å². The lowest BCUT2D eigenvalue weighted by molar-refractivity contribution is 1.26. The molecule has 3 aromatic carbocycles. The van der Waals surface area contributed by atoms with E-state index in [0.29, 0.717) is 0 Å². The van der Waals surface area contributed by atoms with Crippen LogP contribution in [0.3, 0.4) is 0 Å². The summed E-state index contributed by atoms with van der Waals surface area (Å²) >= 11 is 0. The SMILES string of the molecule is CNc1ccc(-c2ccccc2)c2c1-c1ccccc1C2. The molecule has 1 N–H and O–H groups in total. The van der Waals surface area contributed by atoms with Gasteiger partial charge in [0.15, 0.2) is 0 Å². The number of rotatable bonds is 2. The second-order valence-electron chi connectivity index (χ2n) is 5.46. The fourth-order valence-corrected chi connectivity index (χ4v) is 3.34. The quantitative estimate of drug-likeness (QED) is 0.543. The molecule has 102 valence electrons. The number of anilines is 1. The van der Waals surface area contributed by atoms with Crippen LogP contribution in [0.15, 0.2) is 66.7 Å². The molecule has 0 atom stereocenters. The summed E-state index contributed by atoms with van der Waals surface area (Å²) in [5.41, 5.74) is 9.46. The van der Waals surface area contributed by atoms with E-state index in [2.05, 4.69) is 72.0 Å². The summed E-state index contributed by atoms with van der Waals surface area (Å²) < 4.78 is 0. The average Bonchev–Trinajstić information content (AvgIpc) is 2.94. The van der Waals surface area contributed by atoms with Gasteiger partial charge in [-0.25, -0.2) is 0 Å². The number of benzene rings is 3. The van der Waals surface area contributed by atoms with Crippen molar-refractivity contribution >= 4 is 5.69 Å². The van der Waals surface area contributed by atoms with E-state index in [4.69, 9.17) is 0 Å². The molecule has 1 aliphatic rings. The molecule has 0 spiro atoms. The Morgan fingerprint density at radius 2 is 1.52 bits per heavy atom. The van der Waals surface area contributed by atoms with Crippen LogP contribution in [0.2, 0.25) is 0 Å². The summed E-state index contributed by atoms with van der Waals surface area (Å²) in [4.78, 5) is 0. The molecule has 21 heavy (non-hydrogen) atoms. The molecular formula is C20H17N. The minimum absolute atomic E-state index is 1.02. The molecule has 0 saturated carbocycles. The molecule has 0 fully saturated rings. The Morgan fingerprint density at radius 3 is 2.33 bits per heavy atom. The number of fused-ring (bicyclic) bond motifs is 3. The van der Waals surface area contributed by atoms with Crippen molar-refractivity contribution in [3.8, 4) is 22.3 Å². The van der Waals surface area contributed by atoms with Crippen LogP contribution in [0.4, 0.5) is 5.69 Å². The van der Waals surface area contributed by atoms with E-state index in [1.54, 1.807) is 0 Å². The van der Waals surface area contributed by atoms with E-state index in [1.807, 2.05) is 7.05 Å². The largest absolute Gasteiger partial charge is 0.388 e. The zero-order valence-electron chi connectivity index (χ0n) is 12.1. The first-order valence-electron chi connectivity index (χ1n) is 7.36.